The van der Waals surface area contributed by atoms with Gasteiger partial charge in [-0.1, -0.05) is 23.7 Å². The van der Waals surface area contributed by atoms with Crippen LogP contribution in [0, 0.1) is 12.3 Å². The molecule has 19 heavy (non-hydrogen) atoms. The van der Waals surface area contributed by atoms with Crippen molar-refractivity contribution in [2.45, 2.75) is 13.5 Å². The molecule has 2 aromatic rings. The highest BCUT2D eigenvalue weighted by Gasteiger charge is 2.08. The lowest BCUT2D eigenvalue weighted by Crippen LogP contribution is -2.16. The summed E-state index contributed by atoms with van der Waals surface area (Å²) in [4.78, 5) is 4.07. The van der Waals surface area contributed by atoms with E-state index in [-0.39, 0.29) is 5.84 Å². The van der Waals surface area contributed by atoms with E-state index < -0.39 is 0 Å². The number of aryl methyl sites for hydroxylation is 1. The molecule has 3 N–H and O–H groups in total. The zero-order valence-electron chi connectivity index (χ0n) is 10.5. The Morgan fingerprint density at radius 3 is 2.95 bits per heavy atom. The van der Waals surface area contributed by atoms with Gasteiger partial charge in [-0.3, -0.25) is 10.4 Å². The average molecular weight is 276 g/mol. The van der Waals surface area contributed by atoms with Gasteiger partial charge in [-0.15, -0.1) is 0 Å². The third-order valence-electron chi connectivity index (χ3n) is 2.68. The summed E-state index contributed by atoms with van der Waals surface area (Å²) in [6, 6.07) is 9.10. The zero-order valence-corrected chi connectivity index (χ0v) is 11.2. The average Bonchev–Trinajstić information content (AvgIpc) is 2.40. The van der Waals surface area contributed by atoms with Crippen molar-refractivity contribution < 1.29 is 4.74 Å². The molecule has 0 amide bonds. The maximum atomic E-state index is 7.47. The van der Waals surface area contributed by atoms with Gasteiger partial charge in [-0.25, -0.2) is 0 Å². The number of nitrogens with zero attached hydrogens (tertiary/aromatic N) is 1. The number of halogens is 1. The summed E-state index contributed by atoms with van der Waals surface area (Å²) < 4.78 is 5.72. The quantitative estimate of drug-likeness (QED) is 0.666. The number of hydrogen-bond acceptors (Lipinski definition) is 3. The van der Waals surface area contributed by atoms with Crippen LogP contribution in [0.4, 0.5) is 0 Å². The zero-order chi connectivity index (χ0) is 13.8. The van der Waals surface area contributed by atoms with Crippen molar-refractivity contribution in [3.05, 3.63) is 58.4 Å². The van der Waals surface area contributed by atoms with Crippen molar-refractivity contribution in [1.82, 2.24) is 4.98 Å². The molecule has 0 atom stereocenters. The van der Waals surface area contributed by atoms with E-state index in [4.69, 9.17) is 27.5 Å². The Bertz CT molecular complexity index is 613. The van der Waals surface area contributed by atoms with E-state index in [0.717, 1.165) is 11.1 Å². The molecule has 1 aromatic heterocycles. The van der Waals surface area contributed by atoms with Crippen molar-refractivity contribution in [3.63, 3.8) is 0 Å². The fourth-order valence-corrected chi connectivity index (χ4v) is 1.84. The minimum atomic E-state index is -0.0676. The van der Waals surface area contributed by atoms with Crippen LogP contribution >= 0.6 is 11.6 Å². The fraction of sp³-hybridized carbons (Fsp3) is 0.143. The third kappa shape index (κ3) is 3.23. The molecular formula is C14H14ClN3O. The second-order valence-electron chi connectivity index (χ2n) is 4.12. The summed E-state index contributed by atoms with van der Waals surface area (Å²) in [5, 5.41) is 8.10. The molecule has 0 radical (unpaired) electrons. The topological polar surface area (TPSA) is 72.0 Å². The molecule has 0 aliphatic rings. The monoisotopic (exact) mass is 275 g/mol. The molecule has 0 saturated carbocycles. The molecule has 0 aliphatic carbocycles. The second kappa shape index (κ2) is 5.71. The van der Waals surface area contributed by atoms with Crippen LogP contribution in [0.3, 0.4) is 0 Å². The van der Waals surface area contributed by atoms with Crippen LogP contribution in [-0.4, -0.2) is 10.8 Å². The molecule has 0 saturated heterocycles. The van der Waals surface area contributed by atoms with Gasteiger partial charge in [-0.05, 0) is 30.7 Å². The van der Waals surface area contributed by atoms with E-state index in [1.54, 1.807) is 18.3 Å². The standard InChI is InChI=1S/C14H14ClN3O/c1-9-4-5-11(15)7-12(9)19-8-10-3-2-6-18-13(10)14(16)17/h2-7H,8H2,1H3,(H3,16,17). The van der Waals surface area contributed by atoms with E-state index in [2.05, 4.69) is 4.98 Å². The molecule has 1 heterocycles. The van der Waals surface area contributed by atoms with Crippen LogP contribution in [0.5, 0.6) is 5.75 Å². The van der Waals surface area contributed by atoms with Crippen molar-refractivity contribution in [2.24, 2.45) is 5.73 Å². The van der Waals surface area contributed by atoms with Crippen molar-refractivity contribution in [1.29, 1.82) is 5.41 Å². The van der Waals surface area contributed by atoms with Crippen LogP contribution < -0.4 is 10.5 Å². The van der Waals surface area contributed by atoms with E-state index in [0.29, 0.717) is 23.1 Å². The Hall–Kier alpha value is -2.07. The fourth-order valence-electron chi connectivity index (χ4n) is 1.68. The van der Waals surface area contributed by atoms with E-state index in [9.17, 15) is 0 Å². The van der Waals surface area contributed by atoms with Gasteiger partial charge >= 0.3 is 0 Å². The lowest BCUT2D eigenvalue weighted by Gasteiger charge is -2.11. The molecule has 5 heteroatoms. The normalized spacial score (nSPS) is 10.2. The number of nitrogens with two attached hydrogens (primary N) is 1. The minimum Gasteiger partial charge on any atom is -0.488 e. The SMILES string of the molecule is Cc1ccc(Cl)cc1OCc1cccnc1C(=N)N. The molecule has 4 nitrogen and oxygen atoms in total. The van der Waals surface area contributed by atoms with Crippen molar-refractivity contribution in [2.75, 3.05) is 0 Å². The number of hydrogen-bond donors (Lipinski definition) is 2. The highest BCUT2D eigenvalue weighted by molar-refractivity contribution is 6.30. The molecule has 0 aliphatic heterocycles. The largest absolute Gasteiger partial charge is 0.488 e. The molecule has 0 fully saturated rings. The Morgan fingerprint density at radius 2 is 2.21 bits per heavy atom. The number of nitrogen functional groups attached to an aromatic ring is 1. The molecule has 0 spiro atoms. The number of pyridine rings is 1. The third-order valence-corrected chi connectivity index (χ3v) is 2.91. The van der Waals surface area contributed by atoms with Crippen LogP contribution in [0.25, 0.3) is 0 Å². The number of ether oxygens (including phenoxy) is 1. The summed E-state index contributed by atoms with van der Waals surface area (Å²) in [5.74, 6) is 0.646. The van der Waals surface area contributed by atoms with Gasteiger partial charge in [-0.2, -0.15) is 0 Å². The first kappa shape index (κ1) is 13.4. The maximum absolute atomic E-state index is 7.47. The van der Waals surface area contributed by atoms with Crippen LogP contribution in [0.1, 0.15) is 16.8 Å². The van der Waals surface area contributed by atoms with Crippen LogP contribution in [0.15, 0.2) is 36.5 Å². The number of amidine groups is 1. The Morgan fingerprint density at radius 1 is 1.42 bits per heavy atom. The van der Waals surface area contributed by atoms with Crippen molar-refractivity contribution in [3.8, 4) is 5.75 Å². The summed E-state index contributed by atoms with van der Waals surface area (Å²) in [7, 11) is 0. The van der Waals surface area contributed by atoms with Gasteiger partial charge in [0.15, 0.2) is 0 Å². The summed E-state index contributed by atoms with van der Waals surface area (Å²) in [5.41, 5.74) is 7.70. The van der Waals surface area contributed by atoms with Crippen LogP contribution in [0.2, 0.25) is 5.02 Å². The number of aromatic nitrogens is 1. The summed E-state index contributed by atoms with van der Waals surface area (Å²) >= 11 is 5.93. The Kier molecular flexibility index (Phi) is 4.02. The van der Waals surface area contributed by atoms with Crippen molar-refractivity contribution >= 4 is 17.4 Å². The van der Waals surface area contributed by atoms with Gasteiger partial charge < -0.3 is 10.5 Å². The van der Waals surface area contributed by atoms with Gasteiger partial charge in [0, 0.05) is 16.8 Å². The molecular weight excluding hydrogens is 262 g/mol. The van der Waals surface area contributed by atoms with Crippen LogP contribution in [-0.2, 0) is 6.61 Å². The Balaban J connectivity index is 2.19. The van der Waals surface area contributed by atoms with Gasteiger partial charge in [0.2, 0.25) is 0 Å². The highest BCUT2D eigenvalue weighted by Crippen LogP contribution is 2.23. The number of rotatable bonds is 4. The number of benzene rings is 1. The molecule has 98 valence electrons. The summed E-state index contributed by atoms with van der Waals surface area (Å²) in [6.45, 7) is 2.24. The lowest BCUT2D eigenvalue weighted by atomic mass is 10.2. The predicted octanol–water partition coefficient (Wildman–Crippen LogP) is 2.91. The van der Waals surface area contributed by atoms with E-state index in [1.165, 1.54) is 0 Å². The van der Waals surface area contributed by atoms with E-state index >= 15 is 0 Å². The highest BCUT2D eigenvalue weighted by atomic mass is 35.5. The number of nitrogens with one attached hydrogen (secondary N) is 1. The summed E-state index contributed by atoms with van der Waals surface area (Å²) in [6.07, 6.45) is 1.60. The molecule has 0 unspecified atom stereocenters. The lowest BCUT2D eigenvalue weighted by molar-refractivity contribution is 0.303. The Labute approximate surface area is 116 Å². The first-order chi connectivity index (χ1) is 9.08. The van der Waals surface area contributed by atoms with Gasteiger partial charge in [0.1, 0.15) is 23.9 Å². The maximum Gasteiger partial charge on any atom is 0.142 e. The predicted molar refractivity (Wildman–Crippen MR) is 75.8 cm³/mol. The molecule has 1 aromatic carbocycles. The smallest absolute Gasteiger partial charge is 0.142 e. The van der Waals surface area contributed by atoms with Gasteiger partial charge in [0.25, 0.3) is 0 Å². The molecule has 2 rings (SSSR count). The minimum absolute atomic E-state index is 0.0676. The van der Waals surface area contributed by atoms with Gasteiger partial charge in [0.05, 0.1) is 0 Å². The first-order valence-electron chi connectivity index (χ1n) is 5.75. The second-order valence-corrected chi connectivity index (χ2v) is 4.56. The molecule has 0 bridgehead atoms. The van der Waals surface area contributed by atoms with E-state index in [1.807, 2.05) is 25.1 Å². The first-order valence-corrected chi connectivity index (χ1v) is 6.13.